The molecule has 2 atom stereocenters. The van der Waals surface area contributed by atoms with Gasteiger partial charge in [-0.25, -0.2) is 4.79 Å². The molecule has 1 aliphatic rings. The quantitative estimate of drug-likeness (QED) is 0.533. The third kappa shape index (κ3) is 6.03. The lowest BCUT2D eigenvalue weighted by atomic mass is 10.0. The fraction of sp³-hybridized carbons (Fsp3) is 0.440. The summed E-state index contributed by atoms with van der Waals surface area (Å²) in [6.07, 6.45) is -2.04. The number of nitrogens with zero attached hydrogens (tertiary/aromatic N) is 2. The van der Waals surface area contributed by atoms with Gasteiger partial charge >= 0.3 is 6.03 Å². The van der Waals surface area contributed by atoms with E-state index in [2.05, 4.69) is 0 Å². The number of rotatable bonds is 10. The molecule has 0 aliphatic carbocycles. The van der Waals surface area contributed by atoms with Crippen LogP contribution in [0, 0.1) is 13.8 Å². The number of amides is 3. The fourth-order valence-electron chi connectivity index (χ4n) is 3.57. The zero-order valence-electron chi connectivity index (χ0n) is 19.5. The molecular weight excluding hydrogens is 424 g/mol. The molecule has 8 heteroatoms. The highest BCUT2D eigenvalue weighted by atomic mass is 16.5. The molecule has 0 saturated carbocycles. The molecule has 3 amide bonds. The monoisotopic (exact) mass is 456 g/mol. The molecule has 1 saturated heterocycles. The minimum atomic E-state index is -1.15. The predicted molar refractivity (Wildman–Crippen MR) is 123 cm³/mol. The van der Waals surface area contributed by atoms with Gasteiger partial charge in [0, 0.05) is 0 Å². The number of β-amino-alcohol motifs (C(OH)–C–C–N with tert-alkyl or cyclic N) is 2. The number of ether oxygens (including phenoxy) is 2. The van der Waals surface area contributed by atoms with Crippen LogP contribution in [-0.2, 0) is 4.79 Å². The van der Waals surface area contributed by atoms with E-state index in [-0.39, 0.29) is 26.3 Å². The summed E-state index contributed by atoms with van der Waals surface area (Å²) in [5.74, 6) is 0.770. The molecule has 0 spiro atoms. The van der Waals surface area contributed by atoms with Gasteiger partial charge in [-0.3, -0.25) is 9.69 Å². The van der Waals surface area contributed by atoms with Crippen molar-refractivity contribution in [3.05, 3.63) is 59.7 Å². The molecule has 2 unspecified atom stereocenters. The summed E-state index contributed by atoms with van der Waals surface area (Å²) in [4.78, 5) is 28.2. The van der Waals surface area contributed by atoms with Crippen molar-refractivity contribution >= 4 is 11.9 Å². The molecule has 8 nitrogen and oxygen atoms in total. The summed E-state index contributed by atoms with van der Waals surface area (Å²) in [7, 11) is 0. The maximum atomic E-state index is 13.0. The Kier molecular flexibility index (Phi) is 7.61. The second-order valence-electron chi connectivity index (χ2n) is 8.92. The van der Waals surface area contributed by atoms with E-state index in [1.807, 2.05) is 38.1 Å². The maximum Gasteiger partial charge on any atom is 0.327 e. The van der Waals surface area contributed by atoms with E-state index >= 15 is 0 Å². The van der Waals surface area contributed by atoms with Crippen LogP contribution in [0.2, 0.25) is 0 Å². The summed E-state index contributed by atoms with van der Waals surface area (Å²) in [6.45, 7) is 6.81. The molecule has 0 bridgehead atoms. The maximum absolute atomic E-state index is 13.0. The highest BCUT2D eigenvalue weighted by molar-refractivity contribution is 6.06. The molecule has 0 radical (unpaired) electrons. The van der Waals surface area contributed by atoms with Crippen LogP contribution in [0.5, 0.6) is 11.5 Å². The third-order valence-corrected chi connectivity index (χ3v) is 5.62. The van der Waals surface area contributed by atoms with Crippen molar-refractivity contribution in [2.45, 2.75) is 45.4 Å². The van der Waals surface area contributed by atoms with E-state index in [1.54, 1.807) is 38.1 Å². The molecule has 1 heterocycles. The first-order valence-corrected chi connectivity index (χ1v) is 11.0. The molecule has 0 aromatic heterocycles. The van der Waals surface area contributed by atoms with Gasteiger partial charge < -0.3 is 24.6 Å². The first-order valence-electron chi connectivity index (χ1n) is 11.0. The Hall–Kier alpha value is -3.10. The summed E-state index contributed by atoms with van der Waals surface area (Å²) in [6, 6.07) is 14.2. The van der Waals surface area contributed by atoms with Crippen molar-refractivity contribution in [1.82, 2.24) is 9.80 Å². The molecule has 2 aromatic rings. The normalized spacial score (nSPS) is 17.3. The first kappa shape index (κ1) is 24.5. The van der Waals surface area contributed by atoms with Crippen LogP contribution in [-0.4, -0.2) is 76.0 Å². The van der Waals surface area contributed by atoms with E-state index in [4.69, 9.17) is 9.47 Å². The molecule has 2 aromatic carbocycles. The summed E-state index contributed by atoms with van der Waals surface area (Å²) in [5.41, 5.74) is 1.03. The van der Waals surface area contributed by atoms with Gasteiger partial charge in [-0.1, -0.05) is 35.4 Å². The Labute approximate surface area is 194 Å². The molecule has 33 heavy (non-hydrogen) atoms. The second kappa shape index (κ2) is 10.2. The van der Waals surface area contributed by atoms with Crippen LogP contribution in [0.15, 0.2) is 48.5 Å². The zero-order chi connectivity index (χ0) is 24.2. The lowest BCUT2D eigenvalue weighted by Gasteiger charge is -2.29. The highest BCUT2D eigenvalue weighted by Gasteiger charge is 2.51. The SMILES string of the molecule is Cc1ccc(OCC(O)CN2C(=O)N(CC(O)COc3ccc(C)cc3)C(C)(C)C2=O)cc1. The standard InChI is InChI=1S/C25H32N2O6/c1-17-5-9-21(10-6-17)32-15-19(28)13-26-23(30)25(3,4)27(24(26)31)14-20(29)16-33-22-11-7-18(2)8-12-22/h5-12,19-20,28-29H,13-16H2,1-4H3. The molecule has 178 valence electrons. The van der Waals surface area contributed by atoms with Gasteiger partial charge in [-0.15, -0.1) is 0 Å². The molecule has 3 rings (SSSR count). The van der Waals surface area contributed by atoms with Crippen molar-refractivity contribution in [2.75, 3.05) is 26.3 Å². The fourth-order valence-corrected chi connectivity index (χ4v) is 3.57. The van der Waals surface area contributed by atoms with Gasteiger partial charge in [0.1, 0.15) is 42.5 Å². The largest absolute Gasteiger partial charge is 0.491 e. The zero-order valence-corrected chi connectivity index (χ0v) is 19.5. The highest BCUT2D eigenvalue weighted by Crippen LogP contribution is 2.28. The van der Waals surface area contributed by atoms with Crippen LogP contribution in [0.3, 0.4) is 0 Å². The van der Waals surface area contributed by atoms with Gasteiger partial charge in [0.25, 0.3) is 5.91 Å². The van der Waals surface area contributed by atoms with Crippen LogP contribution < -0.4 is 9.47 Å². The number of aliphatic hydroxyl groups excluding tert-OH is 2. The van der Waals surface area contributed by atoms with Crippen molar-refractivity contribution < 1.29 is 29.3 Å². The average molecular weight is 457 g/mol. The number of imide groups is 1. The van der Waals surface area contributed by atoms with Crippen molar-refractivity contribution in [2.24, 2.45) is 0 Å². The van der Waals surface area contributed by atoms with Crippen LogP contribution in [0.4, 0.5) is 4.79 Å². The second-order valence-corrected chi connectivity index (χ2v) is 8.92. The van der Waals surface area contributed by atoms with Gasteiger partial charge in [0.2, 0.25) is 0 Å². The summed E-state index contributed by atoms with van der Waals surface area (Å²) in [5, 5.41) is 20.8. The Morgan fingerprint density at radius 3 is 1.67 bits per heavy atom. The van der Waals surface area contributed by atoms with E-state index in [9.17, 15) is 19.8 Å². The Morgan fingerprint density at radius 2 is 1.21 bits per heavy atom. The van der Waals surface area contributed by atoms with Crippen LogP contribution in [0.1, 0.15) is 25.0 Å². The Bertz CT molecular complexity index is 958. The van der Waals surface area contributed by atoms with Gasteiger partial charge in [0.05, 0.1) is 13.1 Å². The molecule has 1 aliphatic heterocycles. The number of urea groups is 1. The molecule has 2 N–H and O–H groups in total. The third-order valence-electron chi connectivity index (χ3n) is 5.62. The van der Waals surface area contributed by atoms with E-state index in [1.165, 1.54) is 4.90 Å². The number of aryl methyl sites for hydroxylation is 2. The predicted octanol–water partition coefficient (Wildman–Crippen LogP) is 2.53. The Balaban J connectivity index is 1.55. The van der Waals surface area contributed by atoms with E-state index in [0.29, 0.717) is 11.5 Å². The summed E-state index contributed by atoms with van der Waals surface area (Å²) < 4.78 is 11.2. The topological polar surface area (TPSA) is 99.5 Å². The number of carbonyl (C=O) groups is 2. The van der Waals surface area contributed by atoms with Crippen LogP contribution >= 0.6 is 0 Å². The number of aliphatic hydroxyl groups is 2. The minimum Gasteiger partial charge on any atom is -0.491 e. The Morgan fingerprint density at radius 1 is 0.788 bits per heavy atom. The summed E-state index contributed by atoms with van der Waals surface area (Å²) >= 11 is 0. The van der Waals surface area contributed by atoms with Crippen molar-refractivity contribution in [3.63, 3.8) is 0 Å². The molecular formula is C25H32N2O6. The first-order chi connectivity index (χ1) is 15.6. The van der Waals surface area contributed by atoms with Gasteiger partial charge in [0.15, 0.2) is 0 Å². The lowest BCUT2D eigenvalue weighted by molar-refractivity contribution is -0.133. The van der Waals surface area contributed by atoms with Gasteiger partial charge in [-0.05, 0) is 52.0 Å². The van der Waals surface area contributed by atoms with Gasteiger partial charge in [-0.2, -0.15) is 0 Å². The minimum absolute atomic E-state index is 0.0237. The van der Waals surface area contributed by atoms with E-state index < -0.39 is 29.7 Å². The number of benzene rings is 2. The van der Waals surface area contributed by atoms with Crippen LogP contribution in [0.25, 0.3) is 0 Å². The molecule has 1 fully saturated rings. The number of hydrogen-bond donors (Lipinski definition) is 2. The van der Waals surface area contributed by atoms with E-state index in [0.717, 1.165) is 16.0 Å². The number of hydrogen-bond acceptors (Lipinski definition) is 6. The smallest absolute Gasteiger partial charge is 0.327 e. The number of carbonyl (C=O) groups excluding carboxylic acids is 2. The van der Waals surface area contributed by atoms with Crippen molar-refractivity contribution in [3.8, 4) is 11.5 Å². The lowest BCUT2D eigenvalue weighted by Crippen LogP contribution is -2.48. The average Bonchev–Trinajstić information content (AvgIpc) is 2.93. The van der Waals surface area contributed by atoms with Crippen molar-refractivity contribution in [1.29, 1.82) is 0 Å².